The van der Waals surface area contributed by atoms with Crippen LogP contribution in [0.25, 0.3) is 11.3 Å². The van der Waals surface area contributed by atoms with Crippen molar-refractivity contribution < 1.29 is 21.0 Å². The molecule has 0 spiro atoms. The van der Waals surface area contributed by atoms with Crippen molar-refractivity contribution in [3.8, 4) is 11.3 Å². The summed E-state index contributed by atoms with van der Waals surface area (Å²) in [6, 6.07) is 4.64. The van der Waals surface area contributed by atoms with Crippen LogP contribution in [-0.4, -0.2) is 51.4 Å². The van der Waals surface area contributed by atoms with Gasteiger partial charge >= 0.3 is 0 Å². The Morgan fingerprint density at radius 1 is 1.16 bits per heavy atom. The fraction of sp³-hybridized carbons (Fsp3) is 0.565. The van der Waals surface area contributed by atoms with Crippen LogP contribution in [0.5, 0.6) is 0 Å². The van der Waals surface area contributed by atoms with Gasteiger partial charge in [-0.3, -0.25) is 0 Å². The van der Waals surface area contributed by atoms with Crippen molar-refractivity contribution in [2.45, 2.75) is 44.2 Å². The van der Waals surface area contributed by atoms with Crippen LogP contribution in [0, 0.1) is 35.2 Å². The maximum atomic E-state index is 14.0. The summed E-state index contributed by atoms with van der Waals surface area (Å²) in [6.45, 7) is 1.76. The number of fused-ring (bicyclic) bond motifs is 1. The quantitative estimate of drug-likeness (QED) is 0.701. The molecule has 1 unspecified atom stereocenters. The average Bonchev–Trinajstić information content (AvgIpc) is 3.29. The smallest absolute Gasteiger partial charge is 0.168 e. The topological polar surface area (TPSA) is 61.3 Å². The lowest BCUT2D eigenvalue weighted by Crippen LogP contribution is -2.45. The summed E-state index contributed by atoms with van der Waals surface area (Å²) in [5.41, 5.74) is -0.967. The summed E-state index contributed by atoms with van der Waals surface area (Å²) < 4.78 is 58.1. The number of hydrogen-bond acceptors (Lipinski definition) is 5. The molecule has 1 aromatic heterocycles. The van der Waals surface area contributed by atoms with Crippen molar-refractivity contribution in [1.29, 1.82) is 0 Å². The Morgan fingerprint density at radius 2 is 1.87 bits per heavy atom. The summed E-state index contributed by atoms with van der Waals surface area (Å²) >= 11 is 0. The van der Waals surface area contributed by atoms with Gasteiger partial charge in [0.15, 0.2) is 11.6 Å². The van der Waals surface area contributed by atoms with Crippen molar-refractivity contribution in [2.75, 3.05) is 24.9 Å². The fourth-order valence-electron chi connectivity index (χ4n) is 5.38. The molecule has 8 heteroatoms. The van der Waals surface area contributed by atoms with Crippen LogP contribution >= 0.6 is 0 Å². The Morgan fingerprint density at radius 3 is 2.48 bits per heavy atom. The molecule has 166 valence electrons. The zero-order valence-electron chi connectivity index (χ0n) is 19.3. The van der Waals surface area contributed by atoms with Crippen LogP contribution < -0.4 is 5.32 Å². The Balaban J connectivity index is 1.18. The van der Waals surface area contributed by atoms with Gasteiger partial charge < -0.3 is 15.3 Å². The first kappa shape index (κ1) is 18.4. The lowest BCUT2D eigenvalue weighted by Gasteiger charge is -2.42. The molecule has 3 aliphatic rings. The maximum absolute atomic E-state index is 14.0. The second-order valence-electron chi connectivity index (χ2n) is 9.52. The Bertz CT molecular complexity index is 1030. The van der Waals surface area contributed by atoms with Gasteiger partial charge in [0.05, 0.1) is 11.3 Å². The third-order valence-corrected chi connectivity index (χ3v) is 6.77. The van der Waals surface area contributed by atoms with E-state index in [0.717, 1.165) is 18.9 Å². The maximum Gasteiger partial charge on any atom is 0.168 e. The third-order valence-electron chi connectivity index (χ3n) is 6.77. The molecule has 2 N–H and O–H groups in total. The molecule has 2 aromatic rings. The second kappa shape index (κ2) is 7.74. The molecule has 5 rings (SSSR count). The Labute approximate surface area is 182 Å². The van der Waals surface area contributed by atoms with Crippen molar-refractivity contribution in [3.63, 3.8) is 0 Å². The van der Waals surface area contributed by atoms with E-state index in [0.29, 0.717) is 49.7 Å². The van der Waals surface area contributed by atoms with Gasteiger partial charge in [-0.05, 0) is 68.6 Å². The molecule has 1 aromatic carbocycles. The molecule has 0 bridgehead atoms. The number of likely N-dealkylation sites (tertiary alicyclic amines) is 1. The standard InChI is InChI=1S/C23H27F3N4O/c1-23(31)8-13(9-23)10-30-11-14-4-17(5-15(14)12-30)27-21-3-2-20(28-29-21)18-6-16(24)7-19(25)22(18)26/h2-3,6-7,13-15,17,31H,4-5,8-12H2,1H3,(H,27,29)/t13?,14-,15+,17?,23?/i10D2. The van der Waals surface area contributed by atoms with E-state index in [-0.39, 0.29) is 23.2 Å². The SMILES string of the molecule is [2H]C([2H])(C1CC(C)(O)C1)N1C[C@H]2CC(Nc3ccc(-c4cc(F)cc(F)c4F)nn3)C[C@H]2C1. The lowest BCUT2D eigenvalue weighted by molar-refractivity contribution is -0.0648. The predicted octanol–water partition coefficient (Wildman–Crippen LogP) is 3.84. The molecule has 2 aliphatic carbocycles. The number of aliphatic hydroxyl groups is 1. The Kier molecular flexibility index (Phi) is 4.59. The zero-order chi connectivity index (χ0) is 23.5. The molecule has 0 amide bonds. The number of nitrogens with one attached hydrogen (secondary N) is 1. The molecular weight excluding hydrogens is 405 g/mol. The molecule has 31 heavy (non-hydrogen) atoms. The number of benzene rings is 1. The average molecular weight is 435 g/mol. The first-order valence-corrected chi connectivity index (χ1v) is 10.7. The van der Waals surface area contributed by atoms with Gasteiger partial charge in [0, 0.05) is 40.0 Å². The molecule has 5 nitrogen and oxygen atoms in total. The van der Waals surface area contributed by atoms with E-state index in [2.05, 4.69) is 15.5 Å². The second-order valence-corrected chi connectivity index (χ2v) is 9.52. The molecule has 2 saturated carbocycles. The van der Waals surface area contributed by atoms with E-state index >= 15 is 0 Å². The number of nitrogens with zero attached hydrogens (tertiary/aromatic N) is 3. The molecular formula is C23H27F3N4O. The zero-order valence-corrected chi connectivity index (χ0v) is 17.3. The first-order chi connectivity index (χ1) is 15.5. The number of aromatic nitrogens is 2. The van der Waals surface area contributed by atoms with E-state index in [9.17, 15) is 18.3 Å². The minimum atomic E-state index is -1.40. The minimum absolute atomic E-state index is 0.0487. The number of hydrogen-bond donors (Lipinski definition) is 2. The van der Waals surface area contributed by atoms with Crippen LogP contribution in [0.3, 0.4) is 0 Å². The van der Waals surface area contributed by atoms with Gasteiger partial charge in [0.25, 0.3) is 0 Å². The van der Waals surface area contributed by atoms with E-state index < -0.39 is 29.5 Å². The highest BCUT2D eigenvalue weighted by Gasteiger charge is 2.44. The largest absolute Gasteiger partial charge is 0.390 e. The summed E-state index contributed by atoms with van der Waals surface area (Å²) in [4.78, 5) is 1.94. The molecule has 3 atom stereocenters. The lowest BCUT2D eigenvalue weighted by atomic mass is 9.72. The van der Waals surface area contributed by atoms with Gasteiger partial charge in [-0.15, -0.1) is 10.2 Å². The van der Waals surface area contributed by atoms with Gasteiger partial charge in [-0.25, -0.2) is 13.2 Å². The van der Waals surface area contributed by atoms with Crippen molar-refractivity contribution >= 4 is 5.82 Å². The highest BCUT2D eigenvalue weighted by molar-refractivity contribution is 5.60. The summed E-state index contributed by atoms with van der Waals surface area (Å²) in [5.74, 6) is -2.18. The van der Waals surface area contributed by atoms with Crippen LogP contribution in [0.1, 0.15) is 35.3 Å². The molecule has 2 heterocycles. The van der Waals surface area contributed by atoms with Crippen molar-refractivity contribution in [1.82, 2.24) is 15.1 Å². The molecule has 3 fully saturated rings. The summed E-state index contributed by atoms with van der Waals surface area (Å²) in [6.07, 6.45) is 2.76. The van der Waals surface area contributed by atoms with Crippen molar-refractivity contribution in [3.05, 3.63) is 41.7 Å². The van der Waals surface area contributed by atoms with Crippen molar-refractivity contribution in [2.24, 2.45) is 17.8 Å². The van der Waals surface area contributed by atoms with Crippen LogP contribution in [0.4, 0.5) is 19.0 Å². The van der Waals surface area contributed by atoms with Gasteiger partial charge in [0.1, 0.15) is 11.6 Å². The van der Waals surface area contributed by atoms with Gasteiger partial charge in [-0.1, -0.05) is 0 Å². The summed E-state index contributed by atoms with van der Waals surface area (Å²) in [7, 11) is 0. The van der Waals surface area contributed by atoms with E-state index in [1.807, 2.05) is 4.90 Å². The van der Waals surface area contributed by atoms with Gasteiger partial charge in [0.2, 0.25) is 0 Å². The number of anilines is 1. The van der Waals surface area contributed by atoms with Crippen LogP contribution in [-0.2, 0) is 0 Å². The number of halogens is 3. The van der Waals surface area contributed by atoms with E-state index in [1.165, 1.54) is 6.07 Å². The minimum Gasteiger partial charge on any atom is -0.390 e. The van der Waals surface area contributed by atoms with Gasteiger partial charge in [-0.2, -0.15) is 0 Å². The number of rotatable bonds is 5. The van der Waals surface area contributed by atoms with E-state index in [4.69, 9.17) is 2.74 Å². The van der Waals surface area contributed by atoms with Crippen LogP contribution in [0.2, 0.25) is 0 Å². The predicted molar refractivity (Wildman–Crippen MR) is 111 cm³/mol. The Hall–Kier alpha value is -2.19. The highest BCUT2D eigenvalue weighted by Crippen LogP contribution is 2.42. The third kappa shape index (κ3) is 4.28. The normalized spacial score (nSPS) is 34.1. The van der Waals surface area contributed by atoms with E-state index in [1.54, 1.807) is 13.0 Å². The first-order valence-electron chi connectivity index (χ1n) is 11.7. The molecule has 0 radical (unpaired) electrons. The molecule has 1 saturated heterocycles. The summed E-state index contributed by atoms with van der Waals surface area (Å²) in [5, 5.41) is 21.3. The monoisotopic (exact) mass is 434 g/mol. The van der Waals surface area contributed by atoms with Crippen LogP contribution in [0.15, 0.2) is 24.3 Å². The highest BCUT2D eigenvalue weighted by atomic mass is 19.2. The fourth-order valence-corrected chi connectivity index (χ4v) is 5.38. The molecule has 1 aliphatic heterocycles.